The van der Waals surface area contributed by atoms with Gasteiger partial charge in [-0.15, -0.1) is 11.6 Å². The van der Waals surface area contributed by atoms with Gasteiger partial charge in [0.25, 0.3) is 10.0 Å². The summed E-state index contributed by atoms with van der Waals surface area (Å²) in [5.74, 6) is -0.342. The molecule has 0 atom stereocenters. The Morgan fingerprint density at radius 3 is 2.55 bits per heavy atom. The predicted octanol–water partition coefficient (Wildman–Crippen LogP) is 0.135. The molecule has 0 aromatic carbocycles. The van der Waals surface area contributed by atoms with E-state index < -0.39 is 15.2 Å². The van der Waals surface area contributed by atoms with Crippen LogP contribution >= 0.6 is 11.6 Å². The molecule has 11 heavy (non-hydrogen) atoms. The van der Waals surface area contributed by atoms with Gasteiger partial charge in [0, 0.05) is 13.0 Å². The first-order valence-electron chi connectivity index (χ1n) is 3.17. The van der Waals surface area contributed by atoms with Gasteiger partial charge in [-0.25, -0.2) is 12.7 Å². The van der Waals surface area contributed by atoms with Gasteiger partial charge in [-0.3, -0.25) is 4.79 Å². The van der Waals surface area contributed by atoms with E-state index in [0.29, 0.717) is 12.8 Å². The van der Waals surface area contributed by atoms with Gasteiger partial charge in [-0.2, -0.15) is 0 Å². The minimum absolute atomic E-state index is 0.286. The van der Waals surface area contributed by atoms with Gasteiger partial charge < -0.3 is 0 Å². The first-order valence-corrected chi connectivity index (χ1v) is 5.31. The van der Waals surface area contributed by atoms with E-state index in [-0.39, 0.29) is 12.5 Å². The molecule has 0 radical (unpaired) electrons. The lowest BCUT2D eigenvalue weighted by Crippen LogP contribution is -2.32. The Hall–Kier alpha value is -0.290. The van der Waals surface area contributed by atoms with Crippen molar-refractivity contribution in [2.45, 2.75) is 12.8 Å². The predicted molar refractivity (Wildman–Crippen MR) is 40.6 cm³/mol. The monoisotopic (exact) mass is 197 g/mol. The summed E-state index contributed by atoms with van der Waals surface area (Å²) in [5, 5.41) is -0.515. The molecule has 0 N–H and O–H groups in total. The molecule has 6 heteroatoms. The summed E-state index contributed by atoms with van der Waals surface area (Å²) in [6, 6.07) is 0. The van der Waals surface area contributed by atoms with E-state index in [1.807, 2.05) is 0 Å². The fourth-order valence-electron chi connectivity index (χ4n) is 0.976. The molecular weight excluding hydrogens is 190 g/mol. The Bertz CT molecular complexity index is 261. The van der Waals surface area contributed by atoms with Crippen molar-refractivity contribution < 1.29 is 13.2 Å². The van der Waals surface area contributed by atoms with Crippen LogP contribution in [0.25, 0.3) is 0 Å². The quantitative estimate of drug-likeness (QED) is 0.592. The Balaban J connectivity index is 2.83. The molecule has 4 nitrogen and oxygen atoms in total. The van der Waals surface area contributed by atoms with Crippen LogP contribution in [0.4, 0.5) is 0 Å². The topological polar surface area (TPSA) is 54.5 Å². The molecule has 64 valence electrons. The van der Waals surface area contributed by atoms with Crippen molar-refractivity contribution in [1.29, 1.82) is 0 Å². The first kappa shape index (κ1) is 8.80. The summed E-state index contributed by atoms with van der Waals surface area (Å²) in [6.45, 7) is 0.286. The Morgan fingerprint density at radius 1 is 1.55 bits per heavy atom. The first-order chi connectivity index (χ1) is 5.08. The lowest BCUT2D eigenvalue weighted by Gasteiger charge is -2.12. The van der Waals surface area contributed by atoms with E-state index in [0.717, 1.165) is 4.31 Å². The standard InChI is InChI=1S/C5H8ClNO3S/c6-4-11(9,10)7-3-1-2-5(7)8/h1-4H2. The summed E-state index contributed by atoms with van der Waals surface area (Å²) in [7, 11) is -3.50. The second-order valence-electron chi connectivity index (χ2n) is 2.29. The minimum Gasteiger partial charge on any atom is -0.274 e. The van der Waals surface area contributed by atoms with E-state index in [1.54, 1.807) is 0 Å². The summed E-state index contributed by atoms with van der Waals surface area (Å²) in [4.78, 5) is 10.9. The molecule has 0 aliphatic carbocycles. The smallest absolute Gasteiger partial charge is 0.251 e. The molecule has 0 unspecified atom stereocenters. The Morgan fingerprint density at radius 2 is 2.18 bits per heavy atom. The maximum Gasteiger partial charge on any atom is 0.251 e. The zero-order valence-corrected chi connectivity index (χ0v) is 7.36. The lowest BCUT2D eigenvalue weighted by atomic mass is 10.4. The van der Waals surface area contributed by atoms with E-state index in [4.69, 9.17) is 11.6 Å². The second kappa shape index (κ2) is 2.98. The van der Waals surface area contributed by atoms with E-state index in [1.165, 1.54) is 0 Å². The molecule has 1 aliphatic heterocycles. The SMILES string of the molecule is O=C1CCCN1S(=O)(=O)CCl. The van der Waals surface area contributed by atoms with Crippen LogP contribution in [0.3, 0.4) is 0 Å². The van der Waals surface area contributed by atoms with Gasteiger partial charge in [0.1, 0.15) is 5.21 Å². The zero-order valence-electron chi connectivity index (χ0n) is 5.79. The van der Waals surface area contributed by atoms with Crippen LogP contribution < -0.4 is 0 Å². The highest BCUT2D eigenvalue weighted by atomic mass is 35.5. The van der Waals surface area contributed by atoms with Crippen LogP contribution in [0.15, 0.2) is 0 Å². The summed E-state index contributed by atoms with van der Waals surface area (Å²) < 4.78 is 22.8. The Labute approximate surface area is 70.2 Å². The summed E-state index contributed by atoms with van der Waals surface area (Å²) >= 11 is 5.16. The maximum atomic E-state index is 11.0. The lowest BCUT2D eigenvalue weighted by molar-refractivity contribution is -0.123. The highest BCUT2D eigenvalue weighted by Crippen LogP contribution is 2.15. The fourth-order valence-corrected chi connectivity index (χ4v) is 2.26. The van der Waals surface area contributed by atoms with Gasteiger partial charge in [-0.05, 0) is 6.42 Å². The normalized spacial score (nSPS) is 19.4. The number of halogens is 1. The molecule has 0 aromatic heterocycles. The third-order valence-corrected chi connectivity index (χ3v) is 3.66. The zero-order chi connectivity index (χ0) is 8.48. The van der Waals surface area contributed by atoms with Crippen molar-refractivity contribution in [2.24, 2.45) is 0 Å². The van der Waals surface area contributed by atoms with Crippen LogP contribution in [-0.2, 0) is 14.8 Å². The molecule has 1 amide bonds. The number of amides is 1. The van der Waals surface area contributed by atoms with Crippen LogP contribution in [0.1, 0.15) is 12.8 Å². The second-order valence-corrected chi connectivity index (χ2v) is 4.77. The number of sulfonamides is 1. The average Bonchev–Trinajstić information content (AvgIpc) is 2.36. The molecule has 1 aliphatic rings. The van der Waals surface area contributed by atoms with Crippen molar-refractivity contribution >= 4 is 27.5 Å². The van der Waals surface area contributed by atoms with Gasteiger partial charge in [-0.1, -0.05) is 0 Å². The molecular formula is C5H8ClNO3S. The van der Waals surface area contributed by atoms with Crippen LogP contribution in [0, 0.1) is 0 Å². The van der Waals surface area contributed by atoms with Crippen molar-refractivity contribution in [2.75, 3.05) is 11.8 Å². The van der Waals surface area contributed by atoms with E-state index >= 15 is 0 Å². The molecule has 1 rings (SSSR count). The number of carbonyl (C=O) groups excluding carboxylic acids is 1. The number of carbonyl (C=O) groups is 1. The minimum atomic E-state index is -3.50. The largest absolute Gasteiger partial charge is 0.274 e. The van der Waals surface area contributed by atoms with Crippen LogP contribution in [0.2, 0.25) is 0 Å². The van der Waals surface area contributed by atoms with E-state index in [2.05, 4.69) is 0 Å². The van der Waals surface area contributed by atoms with Gasteiger partial charge >= 0.3 is 0 Å². The fraction of sp³-hybridized carbons (Fsp3) is 0.800. The van der Waals surface area contributed by atoms with Gasteiger partial charge in [0.15, 0.2) is 0 Å². The van der Waals surface area contributed by atoms with Crippen molar-refractivity contribution in [1.82, 2.24) is 4.31 Å². The molecule has 1 heterocycles. The number of rotatable bonds is 2. The molecule has 0 spiro atoms. The summed E-state index contributed by atoms with van der Waals surface area (Å²) in [6.07, 6.45) is 0.922. The number of hydrogen-bond donors (Lipinski definition) is 0. The van der Waals surface area contributed by atoms with Crippen molar-refractivity contribution in [3.8, 4) is 0 Å². The van der Waals surface area contributed by atoms with Gasteiger partial charge in [0.05, 0.1) is 0 Å². The highest BCUT2D eigenvalue weighted by Gasteiger charge is 2.30. The highest BCUT2D eigenvalue weighted by molar-refractivity contribution is 7.90. The molecule has 0 bridgehead atoms. The molecule has 0 saturated carbocycles. The van der Waals surface area contributed by atoms with Gasteiger partial charge in [0.2, 0.25) is 5.91 Å². The van der Waals surface area contributed by atoms with Crippen LogP contribution in [0.5, 0.6) is 0 Å². The third kappa shape index (κ3) is 1.65. The average molecular weight is 198 g/mol. The molecule has 1 fully saturated rings. The number of nitrogens with zero attached hydrogens (tertiary/aromatic N) is 1. The van der Waals surface area contributed by atoms with Crippen molar-refractivity contribution in [3.05, 3.63) is 0 Å². The Kier molecular flexibility index (Phi) is 2.39. The molecule has 0 aromatic rings. The number of hydrogen-bond acceptors (Lipinski definition) is 3. The van der Waals surface area contributed by atoms with Crippen molar-refractivity contribution in [3.63, 3.8) is 0 Å². The summed E-state index contributed by atoms with van der Waals surface area (Å²) in [5.41, 5.74) is 0. The third-order valence-electron chi connectivity index (χ3n) is 1.50. The maximum absolute atomic E-state index is 11.0. The van der Waals surface area contributed by atoms with Crippen LogP contribution in [-0.4, -0.2) is 30.4 Å². The number of alkyl halides is 1. The van der Waals surface area contributed by atoms with E-state index in [9.17, 15) is 13.2 Å². The molecule has 1 saturated heterocycles.